The van der Waals surface area contributed by atoms with Crippen LogP contribution in [-0.2, 0) is 10.2 Å². The molecule has 1 aromatic carbocycles. The summed E-state index contributed by atoms with van der Waals surface area (Å²) in [5, 5.41) is 0. The predicted octanol–water partition coefficient (Wildman–Crippen LogP) is 4.28. The number of rotatable bonds is 3. The van der Waals surface area contributed by atoms with Crippen molar-refractivity contribution in [3.8, 4) is 0 Å². The average Bonchev–Trinajstić information content (AvgIpc) is 2.42. The first-order chi connectivity index (χ1) is 9.72. The number of carbonyl (C=O) groups is 1. The summed E-state index contributed by atoms with van der Waals surface area (Å²) in [6.45, 7) is 2.17. The fourth-order valence-corrected chi connectivity index (χ4v) is 6.02. The van der Waals surface area contributed by atoms with Crippen LogP contribution in [-0.4, -0.2) is 6.29 Å². The van der Waals surface area contributed by atoms with Gasteiger partial charge in [0.05, 0.1) is 0 Å². The Kier molecular flexibility index (Phi) is 2.80. The number of aldehydes is 1. The highest BCUT2D eigenvalue weighted by atomic mass is 16.1. The van der Waals surface area contributed by atoms with Gasteiger partial charge in [-0.3, -0.25) is 0 Å². The van der Waals surface area contributed by atoms with Crippen LogP contribution in [0.1, 0.15) is 49.7 Å². The van der Waals surface area contributed by atoms with Crippen molar-refractivity contribution in [1.29, 1.82) is 0 Å². The van der Waals surface area contributed by atoms with Crippen LogP contribution in [0.3, 0.4) is 0 Å². The van der Waals surface area contributed by atoms with E-state index in [9.17, 15) is 4.79 Å². The van der Waals surface area contributed by atoms with E-state index in [0.29, 0.717) is 0 Å². The summed E-state index contributed by atoms with van der Waals surface area (Å²) < 4.78 is 0. The van der Waals surface area contributed by atoms with Gasteiger partial charge in [0, 0.05) is 11.8 Å². The Morgan fingerprint density at radius 3 is 2.30 bits per heavy atom. The van der Waals surface area contributed by atoms with Crippen LogP contribution in [0.2, 0.25) is 0 Å². The van der Waals surface area contributed by atoms with Crippen molar-refractivity contribution >= 4 is 6.29 Å². The summed E-state index contributed by atoms with van der Waals surface area (Å²) in [5.74, 6) is 3.43. The van der Waals surface area contributed by atoms with Crippen molar-refractivity contribution in [3.63, 3.8) is 0 Å². The first kappa shape index (κ1) is 12.6. The number of hydrogen-bond acceptors (Lipinski definition) is 1. The molecular weight excluding hydrogens is 244 g/mol. The van der Waals surface area contributed by atoms with E-state index < -0.39 is 0 Å². The Morgan fingerprint density at radius 2 is 1.75 bits per heavy atom. The van der Waals surface area contributed by atoms with Gasteiger partial charge in [0.15, 0.2) is 0 Å². The lowest BCUT2D eigenvalue weighted by Crippen LogP contribution is -2.55. The van der Waals surface area contributed by atoms with E-state index in [2.05, 4.69) is 31.2 Å². The summed E-state index contributed by atoms with van der Waals surface area (Å²) in [4.78, 5) is 11.5. The van der Waals surface area contributed by atoms with E-state index in [1.807, 2.05) is 0 Å². The van der Waals surface area contributed by atoms with Gasteiger partial charge in [0.2, 0.25) is 0 Å². The number of carbonyl (C=O) groups excluding carboxylic acids is 1. The lowest BCUT2D eigenvalue weighted by Gasteiger charge is -2.61. The third kappa shape index (κ3) is 1.65. The monoisotopic (exact) mass is 268 g/mol. The topological polar surface area (TPSA) is 17.1 Å². The Morgan fingerprint density at radius 1 is 1.10 bits per heavy atom. The van der Waals surface area contributed by atoms with Crippen LogP contribution >= 0.6 is 0 Å². The van der Waals surface area contributed by atoms with E-state index in [-0.39, 0.29) is 5.41 Å². The molecule has 1 nitrogen and oxygen atoms in total. The molecule has 0 atom stereocenters. The molecule has 1 heteroatoms. The zero-order valence-electron chi connectivity index (χ0n) is 12.3. The van der Waals surface area contributed by atoms with Gasteiger partial charge >= 0.3 is 0 Å². The molecule has 0 radical (unpaired) electrons. The molecule has 0 N–H and O–H groups in total. The van der Waals surface area contributed by atoms with Crippen LogP contribution in [0.25, 0.3) is 0 Å². The maximum atomic E-state index is 11.5. The van der Waals surface area contributed by atoms with Gasteiger partial charge < -0.3 is 4.79 Å². The molecule has 0 heterocycles. The van der Waals surface area contributed by atoms with E-state index >= 15 is 0 Å². The van der Waals surface area contributed by atoms with Gasteiger partial charge in [-0.15, -0.1) is 0 Å². The molecule has 4 bridgehead atoms. The summed E-state index contributed by atoms with van der Waals surface area (Å²) in [7, 11) is 0. The van der Waals surface area contributed by atoms with Crippen molar-refractivity contribution < 1.29 is 4.79 Å². The first-order valence-corrected chi connectivity index (χ1v) is 8.23. The lowest BCUT2D eigenvalue weighted by molar-refractivity contribution is -0.115. The quantitative estimate of drug-likeness (QED) is 0.748. The van der Waals surface area contributed by atoms with Crippen LogP contribution in [0.5, 0.6) is 0 Å². The molecule has 0 saturated heterocycles. The SMILES string of the molecule is Cc1cccc(C2(CC=O)C3CC4CC(C3)CC2C4)c1. The number of benzene rings is 1. The second-order valence-electron chi connectivity index (χ2n) is 7.59. The van der Waals surface area contributed by atoms with Crippen molar-refractivity contribution in [2.24, 2.45) is 23.7 Å². The average molecular weight is 268 g/mol. The Hall–Kier alpha value is -1.11. The normalized spacial score (nSPS) is 41.9. The molecule has 20 heavy (non-hydrogen) atoms. The van der Waals surface area contributed by atoms with Gasteiger partial charge in [-0.05, 0) is 68.3 Å². The van der Waals surface area contributed by atoms with E-state index in [1.54, 1.807) is 0 Å². The second kappa shape index (κ2) is 4.44. The Bertz CT molecular complexity index is 502. The van der Waals surface area contributed by atoms with E-state index in [1.165, 1.54) is 49.5 Å². The molecule has 4 saturated carbocycles. The predicted molar refractivity (Wildman–Crippen MR) is 80.6 cm³/mol. The minimum absolute atomic E-state index is 0.168. The highest BCUT2D eigenvalue weighted by molar-refractivity contribution is 5.55. The van der Waals surface area contributed by atoms with Crippen LogP contribution in [0.15, 0.2) is 24.3 Å². The molecule has 4 fully saturated rings. The maximum Gasteiger partial charge on any atom is 0.120 e. The third-order valence-electron chi connectivity index (χ3n) is 6.57. The van der Waals surface area contributed by atoms with Crippen LogP contribution in [0.4, 0.5) is 0 Å². The van der Waals surface area contributed by atoms with E-state index in [0.717, 1.165) is 30.1 Å². The summed E-state index contributed by atoms with van der Waals surface area (Å²) in [6.07, 6.45) is 8.89. The Balaban J connectivity index is 1.82. The number of hydrogen-bond donors (Lipinski definition) is 0. The van der Waals surface area contributed by atoms with Gasteiger partial charge in [0.25, 0.3) is 0 Å². The lowest BCUT2D eigenvalue weighted by atomic mass is 9.43. The summed E-state index contributed by atoms with van der Waals surface area (Å²) >= 11 is 0. The molecule has 0 unspecified atom stereocenters. The molecule has 4 aliphatic carbocycles. The fraction of sp³-hybridized carbons (Fsp3) is 0.632. The van der Waals surface area contributed by atoms with Gasteiger partial charge in [-0.1, -0.05) is 29.8 Å². The maximum absolute atomic E-state index is 11.5. The molecule has 1 aromatic rings. The largest absolute Gasteiger partial charge is 0.303 e. The standard InChI is InChI=1S/C19H24O/c1-13-3-2-4-16(7-13)19(5-6-20)17-9-14-8-15(11-17)12-18(19)10-14/h2-4,6-7,14-15,17-18H,5,8-12H2,1H3. The Labute approximate surface area is 121 Å². The minimum atomic E-state index is 0.168. The molecule has 106 valence electrons. The van der Waals surface area contributed by atoms with E-state index in [4.69, 9.17) is 0 Å². The van der Waals surface area contributed by atoms with Gasteiger partial charge in [-0.2, -0.15) is 0 Å². The van der Waals surface area contributed by atoms with Crippen molar-refractivity contribution in [3.05, 3.63) is 35.4 Å². The molecule has 0 amide bonds. The van der Waals surface area contributed by atoms with Crippen molar-refractivity contribution in [2.75, 3.05) is 0 Å². The van der Waals surface area contributed by atoms with Gasteiger partial charge in [0.1, 0.15) is 6.29 Å². The third-order valence-corrected chi connectivity index (χ3v) is 6.57. The second-order valence-corrected chi connectivity index (χ2v) is 7.59. The minimum Gasteiger partial charge on any atom is -0.303 e. The highest BCUT2D eigenvalue weighted by Gasteiger charge is 2.57. The molecular formula is C19H24O. The highest BCUT2D eigenvalue weighted by Crippen LogP contribution is 2.63. The smallest absolute Gasteiger partial charge is 0.120 e. The van der Waals surface area contributed by atoms with Crippen molar-refractivity contribution in [1.82, 2.24) is 0 Å². The fourth-order valence-electron chi connectivity index (χ4n) is 6.02. The summed E-state index contributed by atoms with van der Waals surface area (Å²) in [5.41, 5.74) is 2.96. The first-order valence-electron chi connectivity index (χ1n) is 8.23. The summed E-state index contributed by atoms with van der Waals surface area (Å²) in [6, 6.07) is 9.00. The van der Waals surface area contributed by atoms with Crippen LogP contribution in [0, 0.1) is 30.6 Å². The zero-order valence-corrected chi connectivity index (χ0v) is 12.3. The molecule has 5 rings (SSSR count). The van der Waals surface area contributed by atoms with Gasteiger partial charge in [-0.25, -0.2) is 0 Å². The van der Waals surface area contributed by atoms with Crippen molar-refractivity contribution in [2.45, 2.75) is 50.9 Å². The molecule has 4 aliphatic rings. The molecule has 0 aromatic heterocycles. The molecule has 0 spiro atoms. The molecule has 0 aliphatic heterocycles. The van der Waals surface area contributed by atoms with Crippen LogP contribution < -0.4 is 0 Å². The number of aryl methyl sites for hydroxylation is 1. The zero-order chi connectivity index (χ0) is 13.7.